The van der Waals surface area contributed by atoms with E-state index in [2.05, 4.69) is 31.2 Å². The van der Waals surface area contributed by atoms with Crippen LogP contribution in [0.2, 0.25) is 0 Å². The van der Waals surface area contributed by atoms with E-state index in [0.29, 0.717) is 17.4 Å². The van der Waals surface area contributed by atoms with Crippen molar-refractivity contribution in [1.82, 2.24) is 26.3 Å². The Morgan fingerprint density at radius 2 is 1.34 bits per heavy atom. The lowest BCUT2D eigenvalue weighted by Gasteiger charge is -2.25. The third kappa shape index (κ3) is 12.2. The zero-order chi connectivity index (χ0) is 35.1. The summed E-state index contributed by atoms with van der Waals surface area (Å²) in [6, 6.07) is -0.307. The first kappa shape index (κ1) is 37.9. The topological polar surface area (TPSA) is 338 Å². The second-order valence-corrected chi connectivity index (χ2v) is 10.5. The summed E-state index contributed by atoms with van der Waals surface area (Å²) in [7, 11) is 0. The van der Waals surface area contributed by atoms with Crippen LogP contribution in [0.3, 0.4) is 0 Å². The van der Waals surface area contributed by atoms with Crippen LogP contribution in [0.25, 0.3) is 10.9 Å². The molecule has 1 aromatic carbocycles. The van der Waals surface area contributed by atoms with Gasteiger partial charge in [-0.05, 0) is 30.9 Å². The van der Waals surface area contributed by atoms with Gasteiger partial charge in [-0.2, -0.15) is 0 Å². The number of guanidine groups is 1. The SMILES string of the molecule is NC(N)=NCCC[C@H](N)C(=O)N[C@@H](CO)C(=O)N[C@@H](Cc1c[nH]c2ccccc12)C(=O)N[C@@H](CO)C(=O)N[C@@H](CCC(=O)O)C(=O)O. The number of para-hydroxylation sites is 1. The third-order valence-corrected chi connectivity index (χ3v) is 6.93. The Balaban J connectivity index is 2.22. The summed E-state index contributed by atoms with van der Waals surface area (Å²) >= 11 is 0. The van der Waals surface area contributed by atoms with Crippen molar-refractivity contribution >= 4 is 52.4 Å². The summed E-state index contributed by atoms with van der Waals surface area (Å²) in [5.41, 5.74) is 17.7. The minimum absolute atomic E-state index is 0.127. The first-order chi connectivity index (χ1) is 22.3. The lowest BCUT2D eigenvalue weighted by Crippen LogP contribution is -2.60. The van der Waals surface area contributed by atoms with E-state index < -0.39 is 91.8 Å². The molecule has 0 bridgehead atoms. The van der Waals surface area contributed by atoms with Crippen LogP contribution in [0.15, 0.2) is 35.5 Å². The smallest absolute Gasteiger partial charge is 0.326 e. The zero-order valence-corrected chi connectivity index (χ0v) is 25.3. The highest BCUT2D eigenvalue weighted by atomic mass is 16.4. The summed E-state index contributed by atoms with van der Waals surface area (Å²) in [6.45, 7) is -1.63. The van der Waals surface area contributed by atoms with Gasteiger partial charge in [0.1, 0.15) is 24.2 Å². The fourth-order valence-corrected chi connectivity index (χ4v) is 4.39. The van der Waals surface area contributed by atoms with Crippen LogP contribution >= 0.6 is 0 Å². The van der Waals surface area contributed by atoms with Crippen LogP contribution in [0.5, 0.6) is 0 Å². The number of hydrogen-bond donors (Lipinski definition) is 12. The maximum Gasteiger partial charge on any atom is 0.326 e. The van der Waals surface area contributed by atoms with Gasteiger partial charge in [-0.25, -0.2) is 4.79 Å². The van der Waals surface area contributed by atoms with E-state index in [1.54, 1.807) is 30.5 Å². The number of nitrogens with two attached hydrogens (primary N) is 3. The monoisotopic (exact) mass is 663 g/mol. The number of carbonyl (C=O) groups is 6. The van der Waals surface area contributed by atoms with Gasteiger partial charge in [0.25, 0.3) is 0 Å². The van der Waals surface area contributed by atoms with Crippen LogP contribution in [-0.4, -0.2) is 117 Å². The molecule has 2 aromatic rings. The molecule has 0 fully saturated rings. The Labute approximate surface area is 268 Å². The van der Waals surface area contributed by atoms with E-state index in [1.807, 2.05) is 0 Å². The number of nitrogens with zero attached hydrogens (tertiary/aromatic N) is 1. The molecule has 0 saturated heterocycles. The van der Waals surface area contributed by atoms with E-state index in [1.165, 1.54) is 0 Å². The maximum absolute atomic E-state index is 13.5. The number of rotatable bonds is 20. The Kier molecular flexibility index (Phi) is 15.0. The molecule has 19 nitrogen and oxygen atoms in total. The number of aromatic nitrogens is 1. The molecule has 0 aliphatic rings. The van der Waals surface area contributed by atoms with Gasteiger partial charge >= 0.3 is 11.9 Å². The molecule has 1 aromatic heterocycles. The number of carboxylic acids is 2. The van der Waals surface area contributed by atoms with Crippen LogP contribution in [0.1, 0.15) is 31.2 Å². The van der Waals surface area contributed by atoms with Gasteiger partial charge in [0.2, 0.25) is 23.6 Å². The average molecular weight is 664 g/mol. The lowest BCUT2D eigenvalue weighted by atomic mass is 10.0. The molecule has 1 heterocycles. The fourth-order valence-electron chi connectivity index (χ4n) is 4.39. The van der Waals surface area contributed by atoms with E-state index in [9.17, 15) is 44.1 Å². The number of carbonyl (C=O) groups excluding carboxylic acids is 4. The number of H-pyrrole nitrogens is 1. The Morgan fingerprint density at radius 3 is 1.91 bits per heavy atom. The molecule has 0 spiro atoms. The van der Waals surface area contributed by atoms with Gasteiger partial charge in [-0.1, -0.05) is 18.2 Å². The molecule has 0 aliphatic carbocycles. The molecule has 19 heteroatoms. The van der Waals surface area contributed by atoms with E-state index >= 15 is 0 Å². The molecule has 0 aliphatic heterocycles. The maximum atomic E-state index is 13.5. The van der Waals surface area contributed by atoms with E-state index in [4.69, 9.17) is 22.3 Å². The molecule has 47 heavy (non-hydrogen) atoms. The molecule has 258 valence electrons. The highest BCUT2D eigenvalue weighted by Gasteiger charge is 2.32. The fraction of sp³-hybridized carbons (Fsp3) is 0.464. The summed E-state index contributed by atoms with van der Waals surface area (Å²) in [5, 5.41) is 47.7. The van der Waals surface area contributed by atoms with E-state index in [0.717, 1.165) is 5.52 Å². The largest absolute Gasteiger partial charge is 0.481 e. The van der Waals surface area contributed by atoms with Crippen molar-refractivity contribution in [3.63, 3.8) is 0 Å². The predicted molar refractivity (Wildman–Crippen MR) is 166 cm³/mol. The van der Waals surface area contributed by atoms with Crippen LogP contribution in [0.4, 0.5) is 0 Å². The molecule has 0 saturated carbocycles. The predicted octanol–water partition coefficient (Wildman–Crippen LogP) is -4.04. The molecule has 5 atom stereocenters. The number of aromatic amines is 1. The minimum atomic E-state index is -1.69. The van der Waals surface area contributed by atoms with Crippen molar-refractivity contribution in [2.75, 3.05) is 19.8 Å². The zero-order valence-electron chi connectivity index (χ0n) is 25.3. The van der Waals surface area contributed by atoms with Crippen molar-refractivity contribution in [3.05, 3.63) is 36.0 Å². The average Bonchev–Trinajstić information content (AvgIpc) is 3.43. The number of aliphatic carboxylic acids is 2. The lowest BCUT2D eigenvalue weighted by molar-refractivity contribution is -0.143. The van der Waals surface area contributed by atoms with E-state index in [-0.39, 0.29) is 25.3 Å². The quantitative estimate of drug-likeness (QED) is 0.0365. The number of fused-ring (bicyclic) bond motifs is 1. The minimum Gasteiger partial charge on any atom is -0.481 e. The Morgan fingerprint density at radius 1 is 0.787 bits per heavy atom. The molecular formula is C28H41N9O10. The number of benzene rings is 1. The first-order valence-corrected chi connectivity index (χ1v) is 14.5. The highest BCUT2D eigenvalue weighted by Crippen LogP contribution is 2.19. The van der Waals surface area contributed by atoms with Crippen LogP contribution in [-0.2, 0) is 35.2 Å². The molecule has 4 amide bonds. The van der Waals surface area contributed by atoms with Gasteiger partial charge in [0.05, 0.1) is 19.3 Å². The number of aliphatic hydroxyl groups excluding tert-OH is 2. The van der Waals surface area contributed by atoms with Gasteiger partial charge in [-0.15, -0.1) is 0 Å². The van der Waals surface area contributed by atoms with Crippen LogP contribution in [0, 0.1) is 0 Å². The van der Waals surface area contributed by atoms with Crippen molar-refractivity contribution in [2.45, 2.75) is 62.3 Å². The summed E-state index contributed by atoms with van der Waals surface area (Å²) in [5.74, 6) is -6.79. The van der Waals surface area contributed by atoms with Gasteiger partial charge in [-0.3, -0.25) is 29.0 Å². The Bertz CT molecular complexity index is 1440. The third-order valence-electron chi connectivity index (χ3n) is 6.93. The summed E-state index contributed by atoms with van der Waals surface area (Å²) in [4.78, 5) is 81.2. The second-order valence-electron chi connectivity index (χ2n) is 10.5. The molecule has 0 radical (unpaired) electrons. The number of nitrogens with one attached hydrogen (secondary N) is 5. The van der Waals surface area contributed by atoms with Crippen molar-refractivity contribution in [1.29, 1.82) is 0 Å². The standard InChI is InChI=1S/C28H41N9O10/c29-16(5-3-9-32-28(30)31)23(42)36-20(12-38)26(45)35-19(10-14-11-33-17-6-2-1-4-15(14)17)24(43)37-21(13-39)25(44)34-18(27(46)47)7-8-22(40)41/h1-2,4,6,11,16,18-21,33,38-39H,3,5,7-10,12-13,29H2,(H,34,44)(H,35,45)(H,36,42)(H,37,43)(H,40,41)(H,46,47)(H4,30,31,32)/t16-,18-,19-,20-,21-/m0/s1. The molecule has 2 rings (SSSR count). The van der Waals surface area contributed by atoms with Crippen molar-refractivity contribution in [2.24, 2.45) is 22.2 Å². The molecular weight excluding hydrogens is 622 g/mol. The molecule has 0 unspecified atom stereocenters. The first-order valence-electron chi connectivity index (χ1n) is 14.5. The second kappa shape index (κ2) is 18.6. The normalized spacial score (nSPS) is 14.1. The number of hydrogen-bond acceptors (Lipinski definition) is 10. The van der Waals surface area contributed by atoms with Crippen molar-refractivity contribution < 1.29 is 49.2 Å². The van der Waals surface area contributed by atoms with Gasteiger partial charge in [0, 0.05) is 36.5 Å². The number of carboxylic acid groups (broad SMARTS) is 2. The number of amides is 4. The van der Waals surface area contributed by atoms with Gasteiger partial charge < -0.3 is 63.9 Å². The Hall–Kier alpha value is -5.27. The van der Waals surface area contributed by atoms with Gasteiger partial charge in [0.15, 0.2) is 5.96 Å². The highest BCUT2D eigenvalue weighted by molar-refractivity contribution is 5.96. The molecule has 15 N–H and O–H groups in total. The number of aliphatic hydroxyl groups is 2. The summed E-state index contributed by atoms with van der Waals surface area (Å²) in [6.07, 6.45) is 0.904. The van der Waals surface area contributed by atoms with Crippen LogP contribution < -0.4 is 38.5 Å². The summed E-state index contributed by atoms with van der Waals surface area (Å²) < 4.78 is 0. The number of aliphatic imine (C=N–C) groups is 1. The van der Waals surface area contributed by atoms with Crippen molar-refractivity contribution in [3.8, 4) is 0 Å².